The van der Waals surface area contributed by atoms with Gasteiger partial charge in [-0.05, 0) is 56.5 Å². The first-order chi connectivity index (χ1) is 16.0. The van der Waals surface area contributed by atoms with Crippen LogP contribution in [0.2, 0.25) is 0 Å². The number of nitriles is 1. The molecule has 8 nitrogen and oxygen atoms in total. The summed E-state index contributed by atoms with van der Waals surface area (Å²) in [6.07, 6.45) is 5.75. The van der Waals surface area contributed by atoms with Crippen LogP contribution in [-0.4, -0.2) is 40.4 Å². The lowest BCUT2D eigenvalue weighted by Crippen LogP contribution is -2.17. The summed E-state index contributed by atoms with van der Waals surface area (Å²) in [5.74, 6) is 0.355. The van der Waals surface area contributed by atoms with Crippen molar-refractivity contribution in [2.24, 2.45) is 0 Å². The van der Waals surface area contributed by atoms with Gasteiger partial charge >= 0.3 is 0 Å². The van der Waals surface area contributed by atoms with Gasteiger partial charge in [-0.3, -0.25) is 10.1 Å². The Morgan fingerprint density at radius 2 is 2.09 bits per heavy atom. The second-order valence-corrected chi connectivity index (χ2v) is 8.91. The lowest BCUT2D eigenvalue weighted by atomic mass is 10.1. The van der Waals surface area contributed by atoms with Gasteiger partial charge in [-0.15, -0.1) is 10.2 Å². The highest BCUT2D eigenvalue weighted by atomic mass is 32.1. The van der Waals surface area contributed by atoms with E-state index in [2.05, 4.69) is 33.4 Å². The van der Waals surface area contributed by atoms with Gasteiger partial charge in [0.05, 0.1) is 6.54 Å². The summed E-state index contributed by atoms with van der Waals surface area (Å²) in [6.45, 7) is 7.04. The van der Waals surface area contributed by atoms with Crippen molar-refractivity contribution < 1.29 is 9.53 Å². The first-order valence-electron chi connectivity index (χ1n) is 10.9. The van der Waals surface area contributed by atoms with Crippen LogP contribution < -0.4 is 15.0 Å². The molecule has 0 atom stereocenters. The van der Waals surface area contributed by atoms with Gasteiger partial charge in [0.15, 0.2) is 0 Å². The van der Waals surface area contributed by atoms with E-state index in [9.17, 15) is 10.1 Å². The molecule has 0 aliphatic carbocycles. The van der Waals surface area contributed by atoms with Crippen LogP contribution in [0.15, 0.2) is 42.1 Å². The molecule has 0 radical (unpaired) electrons. The van der Waals surface area contributed by atoms with E-state index in [1.165, 1.54) is 16.9 Å². The van der Waals surface area contributed by atoms with Crippen LogP contribution in [-0.2, 0) is 11.3 Å². The minimum atomic E-state index is -0.499. The van der Waals surface area contributed by atoms with Gasteiger partial charge in [0.1, 0.15) is 24.0 Å². The number of benzene rings is 1. The number of carbonyl (C=O) groups is 1. The molecule has 0 spiro atoms. The number of carbonyl (C=O) groups excluding carboxylic acids is 1. The highest BCUT2D eigenvalue weighted by Gasteiger charge is 2.18. The Morgan fingerprint density at radius 3 is 2.85 bits per heavy atom. The standard InChI is InChI=1S/C24H26N6O2S/c1-17-7-8-21(18(2)14-17)32-13-12-29-11-5-6-20(29)15-19(16-25)22(31)26-23-27-28-24(33-23)30-9-3-4-10-30/h5-8,11,14-15H,3-4,9-10,12-13H2,1-2H3,(H,26,27,31)/b19-15-. The predicted octanol–water partition coefficient (Wildman–Crippen LogP) is 4.18. The smallest absolute Gasteiger partial charge is 0.268 e. The van der Waals surface area contributed by atoms with E-state index in [1.54, 1.807) is 6.08 Å². The second kappa shape index (κ2) is 10.3. The number of aryl methyl sites for hydroxylation is 2. The first-order valence-corrected chi connectivity index (χ1v) is 11.7. The summed E-state index contributed by atoms with van der Waals surface area (Å²) in [5, 5.41) is 21.7. The van der Waals surface area contributed by atoms with Crippen molar-refractivity contribution in [1.82, 2.24) is 14.8 Å². The Hall–Kier alpha value is -3.64. The Kier molecular flexibility index (Phi) is 7.05. The lowest BCUT2D eigenvalue weighted by molar-refractivity contribution is -0.112. The third-order valence-corrected chi connectivity index (χ3v) is 6.35. The van der Waals surface area contributed by atoms with Crippen molar-refractivity contribution in [3.8, 4) is 11.8 Å². The van der Waals surface area contributed by atoms with Crippen LogP contribution in [0.4, 0.5) is 10.3 Å². The summed E-state index contributed by atoms with van der Waals surface area (Å²) in [7, 11) is 0. The summed E-state index contributed by atoms with van der Waals surface area (Å²) >= 11 is 1.32. The molecule has 0 saturated carbocycles. The number of hydrogen-bond donors (Lipinski definition) is 1. The van der Waals surface area contributed by atoms with Crippen LogP contribution in [0, 0.1) is 25.2 Å². The number of ether oxygens (including phenoxy) is 1. The van der Waals surface area contributed by atoms with E-state index in [-0.39, 0.29) is 5.57 Å². The molecule has 0 unspecified atom stereocenters. The van der Waals surface area contributed by atoms with Crippen LogP contribution in [0.1, 0.15) is 29.7 Å². The van der Waals surface area contributed by atoms with Crippen molar-refractivity contribution in [2.45, 2.75) is 33.2 Å². The molecule has 9 heteroatoms. The fourth-order valence-electron chi connectivity index (χ4n) is 3.74. The fraction of sp³-hybridized carbons (Fsp3) is 0.333. The molecule has 1 fully saturated rings. The van der Waals surface area contributed by atoms with E-state index in [4.69, 9.17) is 4.74 Å². The van der Waals surface area contributed by atoms with Gasteiger partial charge in [-0.2, -0.15) is 5.26 Å². The molecule has 1 aromatic carbocycles. The van der Waals surface area contributed by atoms with E-state index >= 15 is 0 Å². The average Bonchev–Trinajstić information content (AvgIpc) is 3.55. The Labute approximate surface area is 197 Å². The highest BCUT2D eigenvalue weighted by Crippen LogP contribution is 2.27. The highest BCUT2D eigenvalue weighted by molar-refractivity contribution is 7.19. The molecule has 2 aromatic heterocycles. The maximum Gasteiger partial charge on any atom is 0.268 e. The van der Waals surface area contributed by atoms with Gasteiger partial charge < -0.3 is 14.2 Å². The van der Waals surface area contributed by atoms with Crippen LogP contribution in [0.5, 0.6) is 5.75 Å². The van der Waals surface area contributed by atoms with E-state index < -0.39 is 5.91 Å². The molecule has 1 aliphatic rings. The third-order valence-electron chi connectivity index (χ3n) is 5.45. The molecule has 1 amide bonds. The quantitative estimate of drug-likeness (QED) is 0.398. The summed E-state index contributed by atoms with van der Waals surface area (Å²) < 4.78 is 7.87. The normalized spacial score (nSPS) is 13.7. The molecule has 1 saturated heterocycles. The maximum absolute atomic E-state index is 12.7. The molecule has 3 aromatic rings. The maximum atomic E-state index is 12.7. The number of aromatic nitrogens is 3. The number of anilines is 2. The van der Waals surface area contributed by atoms with Crippen molar-refractivity contribution >= 4 is 33.6 Å². The Morgan fingerprint density at radius 1 is 1.27 bits per heavy atom. The topological polar surface area (TPSA) is 96.1 Å². The molecular formula is C24H26N6O2S. The summed E-state index contributed by atoms with van der Waals surface area (Å²) in [5.41, 5.74) is 3.04. The summed E-state index contributed by atoms with van der Waals surface area (Å²) in [6, 6.07) is 11.8. The zero-order valence-electron chi connectivity index (χ0n) is 18.7. The molecule has 33 heavy (non-hydrogen) atoms. The van der Waals surface area contributed by atoms with E-state index in [0.717, 1.165) is 48.1 Å². The minimum Gasteiger partial charge on any atom is -0.491 e. The summed E-state index contributed by atoms with van der Waals surface area (Å²) in [4.78, 5) is 14.8. The molecule has 3 heterocycles. The number of nitrogens with zero attached hydrogens (tertiary/aromatic N) is 5. The first kappa shape index (κ1) is 22.6. The van der Waals surface area contributed by atoms with E-state index in [1.807, 2.05) is 48.0 Å². The Balaban J connectivity index is 1.38. The molecule has 4 rings (SSSR count). The second-order valence-electron chi connectivity index (χ2n) is 7.95. The molecule has 170 valence electrons. The van der Waals surface area contributed by atoms with Crippen LogP contribution in [0.25, 0.3) is 6.08 Å². The van der Waals surface area contributed by atoms with Crippen LogP contribution >= 0.6 is 11.3 Å². The zero-order valence-corrected chi connectivity index (χ0v) is 19.6. The van der Waals surface area contributed by atoms with Crippen LogP contribution in [0.3, 0.4) is 0 Å². The average molecular weight is 463 g/mol. The van der Waals surface area contributed by atoms with Gasteiger partial charge in [-0.25, -0.2) is 0 Å². The van der Waals surface area contributed by atoms with Gasteiger partial charge in [0.25, 0.3) is 5.91 Å². The predicted molar refractivity (Wildman–Crippen MR) is 129 cm³/mol. The van der Waals surface area contributed by atoms with Gasteiger partial charge in [0, 0.05) is 25.0 Å². The Bertz CT molecular complexity index is 1200. The number of rotatable bonds is 8. The van der Waals surface area contributed by atoms with Gasteiger partial charge in [0.2, 0.25) is 10.3 Å². The van der Waals surface area contributed by atoms with E-state index in [0.29, 0.717) is 18.3 Å². The number of nitrogens with one attached hydrogen (secondary N) is 1. The number of hydrogen-bond acceptors (Lipinski definition) is 7. The monoisotopic (exact) mass is 462 g/mol. The largest absolute Gasteiger partial charge is 0.491 e. The van der Waals surface area contributed by atoms with Crippen molar-refractivity contribution in [2.75, 3.05) is 29.9 Å². The molecule has 0 bridgehead atoms. The third kappa shape index (κ3) is 5.59. The van der Waals surface area contributed by atoms with Crippen molar-refractivity contribution in [1.29, 1.82) is 5.26 Å². The number of amides is 1. The molecular weight excluding hydrogens is 436 g/mol. The molecule has 1 aliphatic heterocycles. The lowest BCUT2D eigenvalue weighted by Gasteiger charge is -2.11. The SMILES string of the molecule is Cc1ccc(OCCn2cccc2/C=C(/C#N)C(=O)Nc2nnc(N3CCCC3)s2)c(C)c1. The van der Waals surface area contributed by atoms with Crippen molar-refractivity contribution in [3.05, 3.63) is 58.9 Å². The zero-order chi connectivity index (χ0) is 23.2. The molecule has 1 N–H and O–H groups in total. The van der Waals surface area contributed by atoms with Crippen molar-refractivity contribution in [3.63, 3.8) is 0 Å². The van der Waals surface area contributed by atoms with Gasteiger partial charge in [-0.1, -0.05) is 29.0 Å². The minimum absolute atomic E-state index is 0.00294. The fourth-order valence-corrected chi connectivity index (χ4v) is 4.53.